The van der Waals surface area contributed by atoms with Gasteiger partial charge in [0.25, 0.3) is 5.91 Å². The van der Waals surface area contributed by atoms with E-state index in [0.717, 1.165) is 5.56 Å². The van der Waals surface area contributed by atoms with Gasteiger partial charge >= 0.3 is 0 Å². The second-order valence-corrected chi connectivity index (χ2v) is 4.14. The molecule has 5 heteroatoms. The Morgan fingerprint density at radius 2 is 1.85 bits per heavy atom. The Morgan fingerprint density at radius 1 is 1.15 bits per heavy atom. The van der Waals surface area contributed by atoms with Crippen LogP contribution in [0.15, 0.2) is 36.5 Å². The normalized spacial score (nSPS) is 9.35. The fourth-order valence-corrected chi connectivity index (χ4v) is 1.61. The van der Waals surface area contributed by atoms with Gasteiger partial charge in [-0.05, 0) is 36.8 Å². The molecule has 0 aliphatic carbocycles. The van der Waals surface area contributed by atoms with E-state index in [4.69, 9.17) is 10.5 Å². The molecule has 1 aromatic carbocycles. The molecule has 0 bridgehead atoms. The highest BCUT2D eigenvalue weighted by Crippen LogP contribution is 2.17. The Kier molecular flexibility index (Phi) is 3.74. The number of aromatic nitrogens is 1. The number of aryl methyl sites for hydroxylation is 1. The highest BCUT2D eigenvalue weighted by molar-refractivity contribution is 6.03. The lowest BCUT2D eigenvalue weighted by atomic mass is 10.1. The number of hydrogen-bond donors (Lipinski definition) is 1. The van der Waals surface area contributed by atoms with Crippen LogP contribution in [-0.2, 0) is 0 Å². The predicted molar refractivity (Wildman–Crippen MR) is 72.8 cm³/mol. The van der Waals surface area contributed by atoms with Crippen molar-refractivity contribution in [3.63, 3.8) is 0 Å². The summed E-state index contributed by atoms with van der Waals surface area (Å²) in [5, 5.41) is 20.2. The Balaban J connectivity index is 2.23. The lowest BCUT2D eigenvalue weighted by molar-refractivity contribution is 0.102. The minimum absolute atomic E-state index is 0.214. The third kappa shape index (κ3) is 2.80. The van der Waals surface area contributed by atoms with Gasteiger partial charge in [0.05, 0.1) is 17.2 Å². The average Bonchev–Trinajstić information content (AvgIpc) is 2.49. The van der Waals surface area contributed by atoms with Gasteiger partial charge in [0.1, 0.15) is 11.8 Å². The molecule has 2 rings (SSSR count). The molecule has 1 heterocycles. The number of rotatable bonds is 2. The summed E-state index contributed by atoms with van der Waals surface area (Å²) in [4.78, 5) is 15.9. The van der Waals surface area contributed by atoms with Crippen molar-refractivity contribution in [3.05, 3.63) is 58.9 Å². The molecule has 0 radical (unpaired) electrons. The van der Waals surface area contributed by atoms with Gasteiger partial charge in [0.15, 0.2) is 0 Å². The molecule has 0 saturated heterocycles. The van der Waals surface area contributed by atoms with Crippen LogP contribution in [0.25, 0.3) is 0 Å². The van der Waals surface area contributed by atoms with Crippen LogP contribution in [0.4, 0.5) is 5.69 Å². The Hall–Kier alpha value is -3.18. The zero-order valence-corrected chi connectivity index (χ0v) is 10.7. The third-order valence-electron chi connectivity index (χ3n) is 2.74. The Bertz CT molecular complexity index is 736. The van der Waals surface area contributed by atoms with Gasteiger partial charge in [-0.25, -0.2) is 4.98 Å². The van der Waals surface area contributed by atoms with Crippen molar-refractivity contribution in [2.24, 2.45) is 0 Å². The number of benzene rings is 1. The standard InChI is InChI=1S/C15H10N4O/c1-10-2-3-11(7-16)6-14(10)19-15(20)13-5-4-12(8-17)9-18-13/h2-6,9H,1H3,(H,19,20). The van der Waals surface area contributed by atoms with Crippen LogP contribution < -0.4 is 5.32 Å². The van der Waals surface area contributed by atoms with E-state index in [2.05, 4.69) is 10.3 Å². The molecule has 0 aliphatic heterocycles. The van der Waals surface area contributed by atoms with Crippen LogP contribution in [0.2, 0.25) is 0 Å². The van der Waals surface area contributed by atoms with Crippen molar-refractivity contribution in [1.29, 1.82) is 10.5 Å². The van der Waals surface area contributed by atoms with Gasteiger partial charge in [0.2, 0.25) is 0 Å². The molecular formula is C15H10N4O. The first-order valence-electron chi connectivity index (χ1n) is 5.82. The van der Waals surface area contributed by atoms with Crippen molar-refractivity contribution in [1.82, 2.24) is 4.98 Å². The fourth-order valence-electron chi connectivity index (χ4n) is 1.61. The monoisotopic (exact) mass is 262 g/mol. The van der Waals surface area contributed by atoms with E-state index in [-0.39, 0.29) is 11.6 Å². The summed E-state index contributed by atoms with van der Waals surface area (Å²) in [6, 6.07) is 12.0. The van der Waals surface area contributed by atoms with Crippen LogP contribution in [-0.4, -0.2) is 10.9 Å². The number of anilines is 1. The van der Waals surface area contributed by atoms with Crippen molar-refractivity contribution < 1.29 is 4.79 Å². The van der Waals surface area contributed by atoms with Crippen LogP contribution in [0.5, 0.6) is 0 Å². The zero-order chi connectivity index (χ0) is 14.5. The van der Waals surface area contributed by atoms with E-state index in [1.54, 1.807) is 18.2 Å². The molecule has 1 amide bonds. The van der Waals surface area contributed by atoms with Gasteiger partial charge in [0, 0.05) is 11.9 Å². The summed E-state index contributed by atoms with van der Waals surface area (Å²) in [6.45, 7) is 1.84. The molecule has 0 saturated carbocycles. The SMILES string of the molecule is Cc1ccc(C#N)cc1NC(=O)c1ccc(C#N)cn1. The second-order valence-electron chi connectivity index (χ2n) is 4.14. The molecule has 96 valence electrons. The number of carbonyl (C=O) groups excluding carboxylic acids is 1. The summed E-state index contributed by atoms with van der Waals surface area (Å²) >= 11 is 0. The number of nitrogens with zero attached hydrogens (tertiary/aromatic N) is 3. The highest BCUT2D eigenvalue weighted by atomic mass is 16.1. The molecular weight excluding hydrogens is 252 g/mol. The van der Waals surface area contributed by atoms with Gasteiger partial charge < -0.3 is 5.32 Å². The molecule has 1 N–H and O–H groups in total. The predicted octanol–water partition coefficient (Wildman–Crippen LogP) is 2.39. The minimum Gasteiger partial charge on any atom is -0.320 e. The molecule has 0 unspecified atom stereocenters. The van der Waals surface area contributed by atoms with E-state index < -0.39 is 0 Å². The van der Waals surface area contributed by atoms with E-state index in [1.165, 1.54) is 18.3 Å². The number of hydrogen-bond acceptors (Lipinski definition) is 4. The van der Waals surface area contributed by atoms with Crippen LogP contribution in [0, 0.1) is 29.6 Å². The van der Waals surface area contributed by atoms with E-state index in [0.29, 0.717) is 16.8 Å². The number of carbonyl (C=O) groups is 1. The Morgan fingerprint density at radius 3 is 2.45 bits per heavy atom. The molecule has 0 aliphatic rings. The summed E-state index contributed by atoms with van der Waals surface area (Å²) in [7, 11) is 0. The van der Waals surface area contributed by atoms with Gasteiger partial charge in [-0.15, -0.1) is 0 Å². The maximum Gasteiger partial charge on any atom is 0.274 e. The highest BCUT2D eigenvalue weighted by Gasteiger charge is 2.09. The van der Waals surface area contributed by atoms with E-state index >= 15 is 0 Å². The molecule has 0 fully saturated rings. The topological polar surface area (TPSA) is 89.6 Å². The number of nitrogens with one attached hydrogen (secondary N) is 1. The van der Waals surface area contributed by atoms with Crippen LogP contribution in [0.1, 0.15) is 27.2 Å². The summed E-state index contributed by atoms with van der Waals surface area (Å²) in [5.74, 6) is -0.382. The van der Waals surface area contributed by atoms with Gasteiger partial charge in [-0.1, -0.05) is 6.07 Å². The van der Waals surface area contributed by atoms with Crippen LogP contribution >= 0.6 is 0 Å². The van der Waals surface area contributed by atoms with Crippen molar-refractivity contribution in [2.45, 2.75) is 6.92 Å². The van der Waals surface area contributed by atoms with Crippen molar-refractivity contribution >= 4 is 11.6 Å². The molecule has 1 aromatic heterocycles. The van der Waals surface area contributed by atoms with Crippen LogP contribution in [0.3, 0.4) is 0 Å². The quantitative estimate of drug-likeness (QED) is 0.899. The van der Waals surface area contributed by atoms with E-state index in [9.17, 15) is 4.79 Å². The zero-order valence-electron chi connectivity index (χ0n) is 10.7. The first-order chi connectivity index (χ1) is 9.63. The molecule has 2 aromatic rings. The first kappa shape index (κ1) is 13.3. The number of nitriles is 2. The lowest BCUT2D eigenvalue weighted by Gasteiger charge is -2.08. The summed E-state index contributed by atoms with van der Waals surface area (Å²) in [5.41, 5.74) is 2.50. The molecule has 0 spiro atoms. The van der Waals surface area contributed by atoms with Gasteiger partial charge in [-0.3, -0.25) is 4.79 Å². The number of amides is 1. The maximum absolute atomic E-state index is 12.0. The third-order valence-corrected chi connectivity index (χ3v) is 2.74. The largest absolute Gasteiger partial charge is 0.320 e. The van der Waals surface area contributed by atoms with Gasteiger partial charge in [-0.2, -0.15) is 10.5 Å². The van der Waals surface area contributed by atoms with E-state index in [1.807, 2.05) is 19.1 Å². The molecule has 5 nitrogen and oxygen atoms in total. The molecule has 0 atom stereocenters. The fraction of sp³-hybridized carbons (Fsp3) is 0.0667. The lowest BCUT2D eigenvalue weighted by Crippen LogP contribution is -2.14. The minimum atomic E-state index is -0.382. The maximum atomic E-state index is 12.0. The Labute approximate surface area is 116 Å². The smallest absolute Gasteiger partial charge is 0.274 e. The van der Waals surface area contributed by atoms with Crippen molar-refractivity contribution in [2.75, 3.05) is 5.32 Å². The first-order valence-corrected chi connectivity index (χ1v) is 5.82. The van der Waals surface area contributed by atoms with Crippen molar-refractivity contribution in [3.8, 4) is 12.1 Å². The second kappa shape index (κ2) is 5.64. The molecule has 20 heavy (non-hydrogen) atoms. The summed E-state index contributed by atoms with van der Waals surface area (Å²) < 4.78 is 0. The average molecular weight is 262 g/mol. The number of pyridine rings is 1. The summed E-state index contributed by atoms with van der Waals surface area (Å²) in [6.07, 6.45) is 1.34.